The van der Waals surface area contributed by atoms with Crippen LogP contribution >= 0.6 is 0 Å². The first-order valence-electron chi connectivity index (χ1n) is 9.00. The molecule has 0 aromatic carbocycles. The van der Waals surface area contributed by atoms with E-state index in [1.807, 2.05) is 18.7 Å². The Hall–Kier alpha value is -1.63. The summed E-state index contributed by atoms with van der Waals surface area (Å²) >= 11 is 0. The van der Waals surface area contributed by atoms with Gasteiger partial charge in [0.25, 0.3) is 5.91 Å². The minimum absolute atomic E-state index is 0.0496. The van der Waals surface area contributed by atoms with Crippen molar-refractivity contribution in [2.24, 2.45) is 13.0 Å². The van der Waals surface area contributed by atoms with E-state index in [-0.39, 0.29) is 11.6 Å². The third kappa shape index (κ3) is 3.14. The molecule has 3 rings (SSSR count). The molecule has 1 aromatic rings. The summed E-state index contributed by atoms with van der Waals surface area (Å²) in [5.41, 5.74) is -0.664. The molecule has 1 amide bonds. The second-order valence-corrected chi connectivity index (χ2v) is 7.19. The number of hydrogen-bond donors (Lipinski definition) is 0. The largest absolute Gasteiger partial charge is 0.365 e. The molecular formula is C17H28N4O3. The number of ether oxygens (including phenoxy) is 1. The van der Waals surface area contributed by atoms with E-state index in [0.717, 1.165) is 51.0 Å². The zero-order valence-corrected chi connectivity index (χ0v) is 15.0. The number of piperidine rings is 1. The topological polar surface area (TPSA) is 69.4 Å². The van der Waals surface area contributed by atoms with Crippen molar-refractivity contribution in [3.05, 3.63) is 16.3 Å². The van der Waals surface area contributed by atoms with Gasteiger partial charge < -0.3 is 9.64 Å². The molecule has 1 atom stereocenters. The highest BCUT2D eigenvalue weighted by Crippen LogP contribution is 2.29. The maximum Gasteiger partial charge on any atom is 0.345 e. The van der Waals surface area contributed by atoms with Crippen LogP contribution in [0.1, 0.15) is 45.4 Å². The summed E-state index contributed by atoms with van der Waals surface area (Å²) in [6.45, 7) is 6.76. The zero-order chi connectivity index (χ0) is 17.3. The van der Waals surface area contributed by atoms with Crippen molar-refractivity contribution in [2.45, 2.75) is 58.1 Å². The van der Waals surface area contributed by atoms with Gasteiger partial charge in [0.2, 0.25) is 0 Å². The molecule has 2 saturated heterocycles. The molecule has 0 aliphatic carbocycles. The molecule has 0 spiro atoms. The molecule has 2 aliphatic rings. The summed E-state index contributed by atoms with van der Waals surface area (Å²) in [5, 5.41) is 4.37. The Labute approximate surface area is 142 Å². The predicted octanol–water partition coefficient (Wildman–Crippen LogP) is 0.952. The van der Waals surface area contributed by atoms with Crippen LogP contribution in [-0.2, 0) is 29.5 Å². The maximum atomic E-state index is 12.7. The van der Waals surface area contributed by atoms with Crippen LogP contribution in [-0.4, -0.2) is 50.5 Å². The van der Waals surface area contributed by atoms with Gasteiger partial charge in [-0.3, -0.25) is 9.36 Å². The second-order valence-electron chi connectivity index (χ2n) is 7.19. The van der Waals surface area contributed by atoms with Crippen molar-refractivity contribution in [1.82, 2.24) is 19.2 Å². The van der Waals surface area contributed by atoms with E-state index in [1.54, 1.807) is 11.6 Å². The summed E-state index contributed by atoms with van der Waals surface area (Å²) in [4.78, 5) is 26.6. The van der Waals surface area contributed by atoms with Crippen molar-refractivity contribution in [3.8, 4) is 0 Å². The van der Waals surface area contributed by atoms with E-state index < -0.39 is 5.60 Å². The molecule has 0 N–H and O–H groups in total. The fourth-order valence-electron chi connectivity index (χ4n) is 3.90. The van der Waals surface area contributed by atoms with Crippen molar-refractivity contribution in [3.63, 3.8) is 0 Å². The molecule has 0 radical (unpaired) electrons. The highest BCUT2D eigenvalue weighted by atomic mass is 16.5. The molecule has 1 unspecified atom stereocenters. The van der Waals surface area contributed by atoms with Gasteiger partial charge in [0.05, 0.1) is 0 Å². The van der Waals surface area contributed by atoms with E-state index in [2.05, 4.69) is 5.10 Å². The highest BCUT2D eigenvalue weighted by Gasteiger charge is 2.41. The highest BCUT2D eigenvalue weighted by molar-refractivity contribution is 5.85. The zero-order valence-electron chi connectivity index (χ0n) is 15.0. The van der Waals surface area contributed by atoms with Crippen LogP contribution in [0.2, 0.25) is 0 Å². The van der Waals surface area contributed by atoms with E-state index in [9.17, 15) is 9.59 Å². The summed E-state index contributed by atoms with van der Waals surface area (Å²) in [7, 11) is 1.70. The third-order valence-corrected chi connectivity index (χ3v) is 5.45. The van der Waals surface area contributed by atoms with Gasteiger partial charge in [-0.25, -0.2) is 9.48 Å². The molecule has 3 heterocycles. The van der Waals surface area contributed by atoms with E-state index in [1.165, 1.54) is 4.68 Å². The smallest absolute Gasteiger partial charge is 0.345 e. The molecule has 0 bridgehead atoms. The number of carbonyl (C=O) groups is 1. The van der Waals surface area contributed by atoms with Crippen molar-refractivity contribution in [2.75, 3.05) is 19.7 Å². The first kappa shape index (κ1) is 17.2. The number of amides is 1. The lowest BCUT2D eigenvalue weighted by Crippen LogP contribution is -2.49. The van der Waals surface area contributed by atoms with Crippen LogP contribution in [0.25, 0.3) is 0 Å². The molecule has 7 heteroatoms. The quantitative estimate of drug-likeness (QED) is 0.821. The maximum absolute atomic E-state index is 12.7. The summed E-state index contributed by atoms with van der Waals surface area (Å²) < 4.78 is 8.84. The first-order valence-corrected chi connectivity index (χ1v) is 9.00. The summed E-state index contributed by atoms with van der Waals surface area (Å²) in [5.74, 6) is 1.47. The summed E-state index contributed by atoms with van der Waals surface area (Å²) in [6, 6.07) is 0. The average Bonchev–Trinajstić information content (AvgIpc) is 3.13. The van der Waals surface area contributed by atoms with E-state index >= 15 is 0 Å². The lowest BCUT2D eigenvalue weighted by atomic mass is 9.91. The molecule has 2 fully saturated rings. The van der Waals surface area contributed by atoms with Gasteiger partial charge in [-0.1, -0.05) is 0 Å². The standard InChI is InChI=1S/C17H28N4O3/c1-4-21-14(18-19(3)16(21)23)12-13-6-9-20(10-7-13)15(22)17(2)8-5-11-24-17/h13H,4-12H2,1-3H3. The number of aryl methyl sites for hydroxylation is 1. The average molecular weight is 336 g/mol. The normalized spacial score (nSPS) is 25.4. The Morgan fingerprint density at radius 3 is 2.67 bits per heavy atom. The third-order valence-electron chi connectivity index (χ3n) is 5.45. The molecule has 7 nitrogen and oxygen atoms in total. The fraction of sp³-hybridized carbons (Fsp3) is 0.824. The van der Waals surface area contributed by atoms with Crippen LogP contribution in [0, 0.1) is 5.92 Å². The van der Waals surface area contributed by atoms with Gasteiger partial charge in [0, 0.05) is 39.7 Å². The summed E-state index contributed by atoms with van der Waals surface area (Å²) in [6.07, 6.45) is 4.50. The monoisotopic (exact) mass is 336 g/mol. The van der Waals surface area contributed by atoms with E-state index in [4.69, 9.17) is 4.74 Å². The SMILES string of the molecule is CCn1c(CC2CCN(C(=O)C3(C)CCCO3)CC2)nn(C)c1=O. The van der Waals surface area contributed by atoms with Gasteiger partial charge in [0.1, 0.15) is 11.4 Å². The Morgan fingerprint density at radius 2 is 2.08 bits per heavy atom. The lowest BCUT2D eigenvalue weighted by Gasteiger charge is -2.36. The van der Waals surface area contributed by atoms with Crippen molar-refractivity contribution >= 4 is 5.91 Å². The van der Waals surface area contributed by atoms with Gasteiger partial charge in [-0.05, 0) is 45.4 Å². The van der Waals surface area contributed by atoms with Crippen molar-refractivity contribution in [1.29, 1.82) is 0 Å². The van der Waals surface area contributed by atoms with Crippen LogP contribution in [0.5, 0.6) is 0 Å². The Balaban J connectivity index is 1.59. The number of nitrogens with zero attached hydrogens (tertiary/aromatic N) is 4. The Bertz CT molecular complexity index is 649. The minimum atomic E-state index is -0.615. The van der Waals surface area contributed by atoms with Crippen LogP contribution in [0.3, 0.4) is 0 Å². The van der Waals surface area contributed by atoms with Gasteiger partial charge in [0.15, 0.2) is 0 Å². The van der Waals surface area contributed by atoms with Crippen LogP contribution in [0.15, 0.2) is 4.79 Å². The minimum Gasteiger partial charge on any atom is -0.365 e. The number of rotatable bonds is 4. The Morgan fingerprint density at radius 1 is 1.38 bits per heavy atom. The van der Waals surface area contributed by atoms with E-state index in [0.29, 0.717) is 19.1 Å². The van der Waals surface area contributed by atoms with Crippen molar-refractivity contribution < 1.29 is 9.53 Å². The first-order chi connectivity index (χ1) is 11.4. The molecule has 24 heavy (non-hydrogen) atoms. The molecule has 2 aliphatic heterocycles. The second kappa shape index (κ2) is 6.70. The fourth-order valence-corrected chi connectivity index (χ4v) is 3.90. The number of hydrogen-bond acceptors (Lipinski definition) is 4. The number of aromatic nitrogens is 3. The van der Waals surface area contributed by atoms with Gasteiger partial charge in [-0.15, -0.1) is 0 Å². The van der Waals surface area contributed by atoms with Gasteiger partial charge >= 0.3 is 5.69 Å². The molecule has 0 saturated carbocycles. The van der Waals surface area contributed by atoms with Crippen LogP contribution in [0.4, 0.5) is 0 Å². The molecular weight excluding hydrogens is 308 g/mol. The van der Waals surface area contributed by atoms with Crippen LogP contribution < -0.4 is 5.69 Å². The number of carbonyl (C=O) groups excluding carboxylic acids is 1. The lowest BCUT2D eigenvalue weighted by molar-refractivity contribution is -0.152. The predicted molar refractivity (Wildman–Crippen MR) is 89.7 cm³/mol. The number of likely N-dealkylation sites (tertiary alicyclic amines) is 1. The van der Waals surface area contributed by atoms with Gasteiger partial charge in [-0.2, -0.15) is 5.10 Å². The Kier molecular flexibility index (Phi) is 4.80. The molecule has 1 aromatic heterocycles. The molecule has 134 valence electrons.